The first kappa shape index (κ1) is 14.3. The molecule has 0 aromatic heterocycles. The van der Waals surface area contributed by atoms with Crippen molar-refractivity contribution in [2.45, 2.75) is 24.2 Å². The van der Waals surface area contributed by atoms with Gasteiger partial charge in [-0.1, -0.05) is 15.9 Å². The van der Waals surface area contributed by atoms with Crippen molar-refractivity contribution in [3.05, 3.63) is 33.9 Å². The molecule has 0 atom stereocenters. The lowest BCUT2D eigenvalue weighted by Gasteiger charge is -2.33. The predicted octanol–water partition coefficient (Wildman–Crippen LogP) is 3.10. The van der Waals surface area contributed by atoms with Gasteiger partial charge in [-0.25, -0.2) is 0 Å². The molecule has 1 aromatic carbocycles. The quantitative estimate of drug-likeness (QED) is 0.484. The van der Waals surface area contributed by atoms with E-state index in [0.29, 0.717) is 16.9 Å². The van der Waals surface area contributed by atoms with Crippen molar-refractivity contribution in [2.24, 2.45) is 0 Å². The van der Waals surface area contributed by atoms with E-state index in [1.165, 1.54) is 0 Å². The number of hydrogen-bond acceptors (Lipinski definition) is 4. The Morgan fingerprint density at radius 3 is 2.74 bits per heavy atom. The largest absolute Gasteiger partial charge is 0.381 e. The molecule has 0 saturated carbocycles. The van der Waals surface area contributed by atoms with Crippen LogP contribution in [-0.2, 0) is 10.1 Å². The first-order valence-electron chi connectivity index (χ1n) is 6.27. The molecule has 0 bridgehead atoms. The maximum atomic E-state index is 10.9. The van der Waals surface area contributed by atoms with E-state index in [1.807, 2.05) is 19.2 Å². The number of benzene rings is 1. The molecule has 0 amide bonds. The Morgan fingerprint density at radius 2 is 2.16 bits per heavy atom. The topological polar surface area (TPSA) is 55.6 Å². The number of hydrogen-bond donors (Lipinski definition) is 0. The lowest BCUT2D eigenvalue weighted by atomic mass is 10.1. The molecule has 0 radical (unpaired) electrons. The van der Waals surface area contributed by atoms with Gasteiger partial charge in [-0.2, -0.15) is 0 Å². The van der Waals surface area contributed by atoms with Crippen molar-refractivity contribution in [1.29, 1.82) is 0 Å². The summed E-state index contributed by atoms with van der Waals surface area (Å²) in [4.78, 5) is 12.8. The molecule has 1 fully saturated rings. The van der Waals surface area contributed by atoms with Gasteiger partial charge in [-0.15, -0.1) is 0 Å². The third kappa shape index (κ3) is 3.25. The second-order valence-corrected chi connectivity index (χ2v) is 5.22. The fourth-order valence-corrected chi connectivity index (χ4v) is 2.81. The summed E-state index contributed by atoms with van der Waals surface area (Å²) in [5.41, 5.74) is 1.90. The van der Waals surface area contributed by atoms with Crippen molar-refractivity contribution in [2.75, 3.05) is 25.2 Å². The molecule has 5 nitrogen and oxygen atoms in total. The molecule has 1 aliphatic heterocycles. The molecular weight excluding hydrogens is 312 g/mol. The van der Waals surface area contributed by atoms with Crippen molar-refractivity contribution in [3.63, 3.8) is 0 Å². The van der Waals surface area contributed by atoms with Crippen LogP contribution in [0.3, 0.4) is 0 Å². The van der Waals surface area contributed by atoms with Gasteiger partial charge in [-0.3, -0.25) is 10.1 Å². The molecule has 0 unspecified atom stereocenters. The molecule has 0 aliphatic carbocycles. The van der Waals surface area contributed by atoms with E-state index in [-0.39, 0.29) is 10.6 Å². The molecule has 1 heterocycles. The van der Waals surface area contributed by atoms with Crippen LogP contribution < -0.4 is 4.90 Å². The van der Waals surface area contributed by atoms with E-state index in [0.717, 1.165) is 31.7 Å². The maximum absolute atomic E-state index is 10.9. The number of rotatable bonds is 4. The normalized spacial score (nSPS) is 16.3. The van der Waals surface area contributed by atoms with Gasteiger partial charge >= 0.3 is 0 Å². The first-order chi connectivity index (χ1) is 9.13. The van der Waals surface area contributed by atoms with Crippen molar-refractivity contribution >= 4 is 27.3 Å². The Morgan fingerprint density at radius 1 is 1.47 bits per heavy atom. The van der Waals surface area contributed by atoms with E-state index < -0.39 is 0 Å². The van der Waals surface area contributed by atoms with E-state index in [2.05, 4.69) is 20.8 Å². The molecule has 0 spiro atoms. The Hall–Kier alpha value is -1.14. The Balaban J connectivity index is 2.22. The number of nitrogens with zero attached hydrogens (tertiary/aromatic N) is 2. The van der Waals surface area contributed by atoms with Crippen molar-refractivity contribution in [1.82, 2.24) is 0 Å². The third-order valence-corrected chi connectivity index (χ3v) is 4.15. The van der Waals surface area contributed by atoms with Crippen LogP contribution in [0.25, 0.3) is 0 Å². The maximum Gasteiger partial charge on any atom is 0.273 e. The third-order valence-electron chi connectivity index (χ3n) is 3.55. The number of alkyl halides is 1. The zero-order valence-corrected chi connectivity index (χ0v) is 12.4. The molecular formula is C13H17BrN2O3. The highest BCUT2D eigenvalue weighted by atomic mass is 79.9. The molecule has 104 valence electrons. The smallest absolute Gasteiger partial charge is 0.273 e. The fraction of sp³-hybridized carbons (Fsp3) is 0.538. The lowest BCUT2D eigenvalue weighted by molar-refractivity contribution is -0.385. The number of ether oxygens (including phenoxy) is 1. The van der Waals surface area contributed by atoms with Gasteiger partial charge in [0.1, 0.15) is 0 Å². The second kappa shape index (κ2) is 6.34. The van der Waals surface area contributed by atoms with Gasteiger partial charge in [0, 0.05) is 49.0 Å². The fourth-order valence-electron chi connectivity index (χ4n) is 2.36. The van der Waals surface area contributed by atoms with Gasteiger partial charge in [0.05, 0.1) is 4.92 Å². The summed E-state index contributed by atoms with van der Waals surface area (Å²) in [6.45, 7) is 1.57. The molecule has 0 N–H and O–H groups in total. The molecule has 1 saturated heterocycles. The summed E-state index contributed by atoms with van der Waals surface area (Å²) in [7, 11) is 2.04. The highest BCUT2D eigenvalue weighted by Crippen LogP contribution is 2.28. The zero-order chi connectivity index (χ0) is 13.8. The highest BCUT2D eigenvalue weighted by Gasteiger charge is 2.21. The van der Waals surface area contributed by atoms with E-state index in [4.69, 9.17) is 4.74 Å². The zero-order valence-electron chi connectivity index (χ0n) is 10.8. The molecule has 1 aromatic rings. The van der Waals surface area contributed by atoms with Crippen molar-refractivity contribution < 1.29 is 9.66 Å². The van der Waals surface area contributed by atoms with Crippen LogP contribution in [0.5, 0.6) is 0 Å². The number of nitro benzene ring substituents is 1. The molecule has 2 rings (SSSR count). The summed E-state index contributed by atoms with van der Waals surface area (Å²) in [6.07, 6.45) is 1.99. The molecule has 19 heavy (non-hydrogen) atoms. The van der Waals surface area contributed by atoms with Gasteiger partial charge in [0.15, 0.2) is 0 Å². The van der Waals surface area contributed by atoms with Crippen LogP contribution in [0.2, 0.25) is 0 Å². The van der Waals surface area contributed by atoms with E-state index >= 15 is 0 Å². The van der Waals surface area contributed by atoms with Crippen LogP contribution in [0.1, 0.15) is 18.4 Å². The summed E-state index contributed by atoms with van der Waals surface area (Å²) in [5.74, 6) is 0. The average Bonchev–Trinajstić information content (AvgIpc) is 2.46. The van der Waals surface area contributed by atoms with Crippen LogP contribution in [0, 0.1) is 10.1 Å². The van der Waals surface area contributed by atoms with Crippen LogP contribution >= 0.6 is 15.9 Å². The first-order valence-corrected chi connectivity index (χ1v) is 7.39. The van der Waals surface area contributed by atoms with Gasteiger partial charge < -0.3 is 9.64 Å². The Bertz CT molecular complexity index is 461. The van der Waals surface area contributed by atoms with Crippen LogP contribution in [0.4, 0.5) is 11.4 Å². The summed E-state index contributed by atoms with van der Waals surface area (Å²) < 4.78 is 5.36. The standard InChI is InChI=1S/C13H17BrN2O3/c1-15(11-4-6-19-7-5-11)12-2-3-13(16(17)18)10(8-12)9-14/h2-3,8,11H,4-7,9H2,1H3. The SMILES string of the molecule is CN(c1ccc([N+](=O)[O-])c(CBr)c1)C1CCOCC1. The predicted molar refractivity (Wildman–Crippen MR) is 78.0 cm³/mol. The Labute approximate surface area is 120 Å². The lowest BCUT2D eigenvalue weighted by Crippen LogP contribution is -2.36. The van der Waals surface area contributed by atoms with Gasteiger partial charge in [0.2, 0.25) is 0 Å². The molecule has 6 heteroatoms. The van der Waals surface area contributed by atoms with Gasteiger partial charge in [-0.05, 0) is 25.0 Å². The summed E-state index contributed by atoms with van der Waals surface area (Å²) in [5, 5.41) is 11.4. The van der Waals surface area contributed by atoms with E-state index in [1.54, 1.807) is 6.07 Å². The van der Waals surface area contributed by atoms with E-state index in [9.17, 15) is 10.1 Å². The number of anilines is 1. The highest BCUT2D eigenvalue weighted by molar-refractivity contribution is 9.08. The van der Waals surface area contributed by atoms with Crippen LogP contribution in [0.15, 0.2) is 18.2 Å². The van der Waals surface area contributed by atoms with Crippen LogP contribution in [-0.4, -0.2) is 31.2 Å². The van der Waals surface area contributed by atoms with Gasteiger partial charge in [0.25, 0.3) is 5.69 Å². The minimum Gasteiger partial charge on any atom is -0.381 e. The average molecular weight is 329 g/mol. The number of nitro groups is 1. The Kier molecular flexibility index (Phi) is 4.76. The minimum absolute atomic E-state index is 0.168. The summed E-state index contributed by atoms with van der Waals surface area (Å²) >= 11 is 3.31. The second-order valence-electron chi connectivity index (χ2n) is 4.66. The minimum atomic E-state index is -0.338. The monoisotopic (exact) mass is 328 g/mol. The summed E-state index contributed by atoms with van der Waals surface area (Å²) in [6, 6.07) is 5.74. The molecule has 1 aliphatic rings. The van der Waals surface area contributed by atoms with Crippen molar-refractivity contribution in [3.8, 4) is 0 Å². The number of halogens is 1.